The van der Waals surface area contributed by atoms with E-state index in [9.17, 15) is 9.59 Å². The lowest BCUT2D eigenvalue weighted by molar-refractivity contribution is 0.257. The van der Waals surface area contributed by atoms with Crippen molar-refractivity contribution in [2.24, 2.45) is 14.1 Å². The molecule has 2 rings (SSSR count). The molecule has 7 heteroatoms. The Morgan fingerprint density at radius 3 is 2.16 bits per heavy atom. The zero-order chi connectivity index (χ0) is 18.4. The molecule has 2 aromatic heterocycles. The Labute approximate surface area is 148 Å². The fourth-order valence-electron chi connectivity index (χ4n) is 3.13. The number of imidazole rings is 1. The van der Waals surface area contributed by atoms with Gasteiger partial charge >= 0.3 is 5.69 Å². The Morgan fingerprint density at radius 1 is 0.960 bits per heavy atom. The normalized spacial score (nSPS) is 11.7. The van der Waals surface area contributed by atoms with Gasteiger partial charge in [0.25, 0.3) is 5.56 Å². The average Bonchev–Trinajstić information content (AvgIpc) is 3.04. The van der Waals surface area contributed by atoms with Crippen molar-refractivity contribution in [3.8, 4) is 0 Å². The third-order valence-electron chi connectivity index (χ3n) is 4.75. The van der Waals surface area contributed by atoms with Gasteiger partial charge in [-0.2, -0.15) is 0 Å². The first kappa shape index (κ1) is 19.4. The summed E-state index contributed by atoms with van der Waals surface area (Å²) in [4.78, 5) is 31.2. The Hall–Kier alpha value is -1.89. The number of unbranched alkanes of at least 4 members (excludes halogenated alkanes) is 2. The molecule has 7 nitrogen and oxygen atoms in total. The Morgan fingerprint density at radius 2 is 1.56 bits per heavy atom. The molecule has 0 amide bonds. The van der Waals surface area contributed by atoms with Crippen LogP contribution in [0.1, 0.15) is 46.0 Å². The van der Waals surface area contributed by atoms with Crippen LogP contribution in [0.3, 0.4) is 0 Å². The van der Waals surface area contributed by atoms with Crippen LogP contribution in [-0.4, -0.2) is 43.2 Å². The van der Waals surface area contributed by atoms with Crippen LogP contribution >= 0.6 is 0 Å². The maximum atomic E-state index is 12.4. The Kier molecular flexibility index (Phi) is 6.99. The molecule has 0 radical (unpaired) electrons. The molecule has 0 saturated carbocycles. The van der Waals surface area contributed by atoms with Crippen LogP contribution in [-0.2, 0) is 20.6 Å². The quantitative estimate of drug-likeness (QED) is 0.655. The smallest absolute Gasteiger partial charge is 0.325 e. The van der Waals surface area contributed by atoms with Gasteiger partial charge in [0.05, 0.1) is 6.33 Å². The monoisotopic (exact) mass is 349 g/mol. The zero-order valence-electron chi connectivity index (χ0n) is 16.0. The minimum absolute atomic E-state index is 0.274. The van der Waals surface area contributed by atoms with Gasteiger partial charge in [-0.05, 0) is 38.9 Å². The second-order valence-electron chi connectivity index (χ2n) is 6.72. The van der Waals surface area contributed by atoms with E-state index in [1.165, 1.54) is 37.3 Å². The van der Waals surface area contributed by atoms with Crippen LogP contribution in [0.15, 0.2) is 15.9 Å². The highest BCUT2D eigenvalue weighted by atomic mass is 16.2. The molecule has 0 aromatic carbocycles. The molecular formula is C18H31N5O2. The topological polar surface area (TPSA) is 65.1 Å². The van der Waals surface area contributed by atoms with E-state index in [0.717, 1.165) is 37.2 Å². The molecule has 0 atom stereocenters. The van der Waals surface area contributed by atoms with E-state index in [1.54, 1.807) is 13.4 Å². The van der Waals surface area contributed by atoms with Crippen LogP contribution in [0, 0.1) is 0 Å². The molecule has 0 aliphatic rings. The molecule has 0 spiro atoms. The van der Waals surface area contributed by atoms with E-state index >= 15 is 0 Å². The summed E-state index contributed by atoms with van der Waals surface area (Å²) in [7, 11) is 3.16. The molecule has 0 aliphatic carbocycles. The third-order valence-corrected chi connectivity index (χ3v) is 4.75. The van der Waals surface area contributed by atoms with E-state index in [1.807, 2.05) is 4.57 Å². The van der Waals surface area contributed by atoms with E-state index in [2.05, 4.69) is 23.7 Å². The molecule has 140 valence electrons. The van der Waals surface area contributed by atoms with Crippen LogP contribution in [0.25, 0.3) is 11.2 Å². The van der Waals surface area contributed by atoms with Crippen molar-refractivity contribution < 1.29 is 0 Å². The maximum absolute atomic E-state index is 12.4. The highest BCUT2D eigenvalue weighted by Gasteiger charge is 2.14. The third kappa shape index (κ3) is 4.39. The maximum Gasteiger partial charge on any atom is 0.332 e. The van der Waals surface area contributed by atoms with Crippen LogP contribution in [0.4, 0.5) is 0 Å². The van der Waals surface area contributed by atoms with Crippen LogP contribution < -0.4 is 11.2 Å². The van der Waals surface area contributed by atoms with E-state index < -0.39 is 0 Å². The van der Waals surface area contributed by atoms with E-state index in [4.69, 9.17) is 0 Å². The molecule has 0 unspecified atom stereocenters. The van der Waals surface area contributed by atoms with Crippen molar-refractivity contribution in [2.75, 3.05) is 19.6 Å². The van der Waals surface area contributed by atoms with Crippen LogP contribution in [0.2, 0.25) is 0 Å². The average molecular weight is 349 g/mol. The number of hydrogen-bond donors (Lipinski definition) is 0. The lowest BCUT2D eigenvalue weighted by Gasteiger charge is -2.22. The van der Waals surface area contributed by atoms with Crippen LogP contribution in [0.5, 0.6) is 0 Å². The molecule has 2 heterocycles. The van der Waals surface area contributed by atoms with Crippen molar-refractivity contribution >= 4 is 11.2 Å². The van der Waals surface area contributed by atoms with Gasteiger partial charge in [-0.1, -0.05) is 26.7 Å². The highest BCUT2D eigenvalue weighted by molar-refractivity contribution is 5.69. The number of aromatic nitrogens is 4. The number of rotatable bonds is 10. The minimum atomic E-state index is -0.340. The fourth-order valence-corrected chi connectivity index (χ4v) is 3.13. The fraction of sp³-hybridized carbons (Fsp3) is 0.722. The molecule has 0 bridgehead atoms. The van der Waals surface area contributed by atoms with Gasteiger partial charge < -0.3 is 9.47 Å². The summed E-state index contributed by atoms with van der Waals surface area (Å²) in [6.45, 7) is 8.46. The number of aryl methyl sites for hydroxylation is 2. The predicted molar refractivity (Wildman–Crippen MR) is 101 cm³/mol. The second kappa shape index (κ2) is 8.99. The van der Waals surface area contributed by atoms with Crippen molar-refractivity contribution in [2.45, 2.75) is 52.5 Å². The molecule has 0 fully saturated rings. The Bertz CT molecular complexity index is 794. The summed E-state index contributed by atoms with van der Waals surface area (Å²) in [5.41, 5.74) is 0.359. The number of fused-ring (bicyclic) bond motifs is 1. The van der Waals surface area contributed by atoms with Crippen molar-refractivity contribution in [3.63, 3.8) is 0 Å². The molecular weight excluding hydrogens is 318 g/mol. The summed E-state index contributed by atoms with van der Waals surface area (Å²) >= 11 is 0. The molecule has 0 N–H and O–H groups in total. The largest absolute Gasteiger partial charge is 0.332 e. The van der Waals surface area contributed by atoms with Crippen molar-refractivity contribution in [1.82, 2.24) is 23.6 Å². The summed E-state index contributed by atoms with van der Waals surface area (Å²) in [6, 6.07) is 0. The number of hydrogen-bond acceptors (Lipinski definition) is 4. The van der Waals surface area contributed by atoms with Crippen molar-refractivity contribution in [3.05, 3.63) is 27.2 Å². The zero-order valence-corrected chi connectivity index (χ0v) is 16.0. The van der Waals surface area contributed by atoms with Gasteiger partial charge in [-0.25, -0.2) is 9.78 Å². The number of nitrogens with zero attached hydrogens (tertiary/aromatic N) is 5. The van der Waals surface area contributed by atoms with E-state index in [0.29, 0.717) is 11.2 Å². The van der Waals surface area contributed by atoms with Gasteiger partial charge in [-0.3, -0.25) is 13.9 Å². The van der Waals surface area contributed by atoms with E-state index in [-0.39, 0.29) is 11.2 Å². The predicted octanol–water partition coefficient (Wildman–Crippen LogP) is 1.73. The molecule has 2 aromatic rings. The van der Waals surface area contributed by atoms with Gasteiger partial charge in [-0.15, -0.1) is 0 Å². The highest BCUT2D eigenvalue weighted by Crippen LogP contribution is 2.07. The van der Waals surface area contributed by atoms with Gasteiger partial charge in [0.1, 0.15) is 0 Å². The molecule has 0 saturated heterocycles. The lowest BCUT2D eigenvalue weighted by Crippen LogP contribution is -2.37. The standard InChI is InChI=1S/C18H31N5O2/c1-5-7-10-22(11-8-6-2)12-9-13-23-14-19-16-15(23)17(24)21(4)18(25)20(16)3/h14H,5-13H2,1-4H3. The summed E-state index contributed by atoms with van der Waals surface area (Å²) in [5, 5.41) is 0. The summed E-state index contributed by atoms with van der Waals surface area (Å²) in [6.07, 6.45) is 7.50. The summed E-state index contributed by atoms with van der Waals surface area (Å²) < 4.78 is 4.46. The minimum Gasteiger partial charge on any atom is -0.325 e. The lowest BCUT2D eigenvalue weighted by atomic mass is 10.2. The first-order valence-corrected chi connectivity index (χ1v) is 9.34. The summed E-state index contributed by atoms with van der Waals surface area (Å²) in [5.74, 6) is 0. The Balaban J connectivity index is 2.10. The van der Waals surface area contributed by atoms with Gasteiger partial charge in [0.15, 0.2) is 11.2 Å². The molecule has 25 heavy (non-hydrogen) atoms. The van der Waals surface area contributed by atoms with Gasteiger partial charge in [0, 0.05) is 20.6 Å². The SMILES string of the molecule is CCCCN(CCCC)CCCn1cnc2c1c(=O)n(C)c(=O)n2C. The van der Waals surface area contributed by atoms with Gasteiger partial charge in [0.2, 0.25) is 0 Å². The molecule has 0 aliphatic heterocycles. The van der Waals surface area contributed by atoms with Crippen molar-refractivity contribution in [1.29, 1.82) is 0 Å². The first-order valence-electron chi connectivity index (χ1n) is 9.34. The first-order chi connectivity index (χ1) is 12.0. The second-order valence-corrected chi connectivity index (χ2v) is 6.72.